The third-order valence-corrected chi connectivity index (χ3v) is 5.05. The summed E-state index contributed by atoms with van der Waals surface area (Å²) < 4.78 is 6.70. The fraction of sp³-hybridized carbons (Fsp3) is 0.667. The van der Waals surface area contributed by atoms with E-state index in [1.165, 1.54) is 10.4 Å². The summed E-state index contributed by atoms with van der Waals surface area (Å²) >= 11 is 5.29. The molecule has 1 aromatic rings. The Labute approximate surface area is 133 Å². The van der Waals surface area contributed by atoms with Crippen molar-refractivity contribution in [3.05, 3.63) is 20.3 Å². The number of carbonyl (C=O) groups excluding carboxylic acids is 1. The van der Waals surface area contributed by atoms with E-state index in [9.17, 15) is 4.79 Å². The highest BCUT2D eigenvalue weighted by atomic mass is 79.9. The predicted octanol–water partition coefficient (Wildman–Crippen LogP) is 5.00. The van der Waals surface area contributed by atoms with Gasteiger partial charge in [-0.05, 0) is 60.7 Å². The van der Waals surface area contributed by atoms with Crippen molar-refractivity contribution in [2.24, 2.45) is 5.92 Å². The Balaban J connectivity index is 2.29. The first-order valence-electron chi connectivity index (χ1n) is 6.97. The molecule has 1 unspecified atom stereocenters. The Bertz CT molecular complexity index is 504. The SMILES string of the molecule is CC(C)C1c2sc(Br)cc2CCN1C(=O)OC(C)(C)C. The van der Waals surface area contributed by atoms with E-state index in [0.29, 0.717) is 5.92 Å². The first-order valence-corrected chi connectivity index (χ1v) is 8.57. The van der Waals surface area contributed by atoms with Crippen LogP contribution < -0.4 is 0 Å². The first kappa shape index (κ1) is 15.8. The highest BCUT2D eigenvalue weighted by Crippen LogP contribution is 2.42. The zero-order valence-electron chi connectivity index (χ0n) is 12.7. The van der Waals surface area contributed by atoms with Gasteiger partial charge in [-0.25, -0.2) is 4.79 Å². The van der Waals surface area contributed by atoms with Crippen molar-refractivity contribution < 1.29 is 9.53 Å². The van der Waals surface area contributed by atoms with Crippen molar-refractivity contribution in [3.63, 3.8) is 0 Å². The summed E-state index contributed by atoms with van der Waals surface area (Å²) in [6.07, 6.45) is 0.700. The van der Waals surface area contributed by atoms with Gasteiger partial charge in [0.1, 0.15) is 5.60 Å². The fourth-order valence-electron chi connectivity index (χ4n) is 2.56. The maximum absolute atomic E-state index is 12.4. The maximum Gasteiger partial charge on any atom is 0.410 e. The summed E-state index contributed by atoms with van der Waals surface area (Å²) in [6.45, 7) is 10.8. The highest BCUT2D eigenvalue weighted by Gasteiger charge is 2.36. The number of nitrogens with zero attached hydrogens (tertiary/aromatic N) is 1. The summed E-state index contributed by atoms with van der Waals surface area (Å²) in [4.78, 5) is 15.6. The summed E-state index contributed by atoms with van der Waals surface area (Å²) in [5.41, 5.74) is 0.912. The molecule has 0 aliphatic carbocycles. The Kier molecular flexibility index (Phi) is 4.50. The molecule has 5 heteroatoms. The van der Waals surface area contributed by atoms with Crippen LogP contribution in [-0.2, 0) is 11.2 Å². The van der Waals surface area contributed by atoms with Gasteiger partial charge in [0, 0.05) is 11.4 Å². The van der Waals surface area contributed by atoms with Crippen molar-refractivity contribution >= 4 is 33.4 Å². The van der Waals surface area contributed by atoms with Crippen LogP contribution >= 0.6 is 27.3 Å². The van der Waals surface area contributed by atoms with Crippen LogP contribution in [0, 0.1) is 5.92 Å². The molecule has 1 amide bonds. The molecule has 2 rings (SSSR count). The quantitative estimate of drug-likeness (QED) is 0.705. The lowest BCUT2D eigenvalue weighted by atomic mass is 9.93. The predicted molar refractivity (Wildman–Crippen MR) is 86.2 cm³/mol. The molecule has 0 fully saturated rings. The van der Waals surface area contributed by atoms with Gasteiger partial charge in [0.15, 0.2) is 0 Å². The zero-order valence-corrected chi connectivity index (χ0v) is 15.1. The number of halogens is 1. The van der Waals surface area contributed by atoms with Crippen molar-refractivity contribution in [2.75, 3.05) is 6.54 Å². The standard InChI is InChI=1S/C15H22BrNO2S/c1-9(2)12-13-10(8-11(16)20-13)6-7-17(12)14(18)19-15(3,4)5/h8-9,12H,6-7H2,1-5H3. The van der Waals surface area contributed by atoms with Crippen molar-refractivity contribution in [3.8, 4) is 0 Å². The number of ether oxygens (including phenoxy) is 1. The number of thiophene rings is 1. The van der Waals surface area contributed by atoms with E-state index < -0.39 is 5.60 Å². The molecule has 1 aromatic heterocycles. The molecule has 1 aliphatic heterocycles. The first-order chi connectivity index (χ1) is 9.19. The smallest absolute Gasteiger partial charge is 0.410 e. The molecule has 20 heavy (non-hydrogen) atoms. The number of amides is 1. The number of carbonyl (C=O) groups is 1. The maximum atomic E-state index is 12.4. The van der Waals surface area contributed by atoms with Gasteiger partial charge in [0.2, 0.25) is 0 Å². The average molecular weight is 360 g/mol. The summed E-state index contributed by atoms with van der Waals surface area (Å²) in [5, 5.41) is 0. The lowest BCUT2D eigenvalue weighted by molar-refractivity contribution is 0.00936. The van der Waals surface area contributed by atoms with Crippen LogP contribution in [0.4, 0.5) is 4.79 Å². The number of hydrogen-bond donors (Lipinski definition) is 0. The van der Waals surface area contributed by atoms with Crippen molar-refractivity contribution in [2.45, 2.75) is 52.7 Å². The average Bonchev–Trinajstić information content (AvgIpc) is 2.64. The molecule has 0 saturated heterocycles. The minimum absolute atomic E-state index is 0.116. The molecule has 0 spiro atoms. The molecule has 2 heterocycles. The molecule has 0 aromatic carbocycles. The zero-order chi connectivity index (χ0) is 15.1. The largest absolute Gasteiger partial charge is 0.444 e. The van der Waals surface area contributed by atoms with Gasteiger partial charge in [-0.1, -0.05) is 13.8 Å². The summed E-state index contributed by atoms with van der Waals surface area (Å²) in [5.74, 6) is 0.368. The van der Waals surface area contributed by atoms with E-state index in [-0.39, 0.29) is 12.1 Å². The molecular weight excluding hydrogens is 338 g/mol. The third-order valence-electron chi connectivity index (χ3n) is 3.30. The summed E-state index contributed by atoms with van der Waals surface area (Å²) in [6, 6.07) is 2.30. The van der Waals surface area contributed by atoms with Crippen molar-refractivity contribution in [1.29, 1.82) is 0 Å². The number of hydrogen-bond acceptors (Lipinski definition) is 3. The van der Waals surface area contributed by atoms with E-state index in [2.05, 4.69) is 35.8 Å². The number of fused-ring (bicyclic) bond motifs is 1. The van der Waals surface area contributed by atoms with Gasteiger partial charge in [0.25, 0.3) is 0 Å². The molecular formula is C15H22BrNO2S. The van der Waals surface area contributed by atoms with Gasteiger partial charge < -0.3 is 4.74 Å². The summed E-state index contributed by atoms with van der Waals surface area (Å²) in [7, 11) is 0. The topological polar surface area (TPSA) is 29.5 Å². The molecule has 0 saturated carbocycles. The van der Waals surface area contributed by atoms with E-state index in [1.54, 1.807) is 11.3 Å². The van der Waals surface area contributed by atoms with Crippen LogP contribution in [0.5, 0.6) is 0 Å². The normalized spacial score (nSPS) is 19.1. The Morgan fingerprint density at radius 2 is 2.15 bits per heavy atom. The van der Waals surface area contributed by atoms with E-state index >= 15 is 0 Å². The van der Waals surface area contributed by atoms with Gasteiger partial charge in [-0.2, -0.15) is 0 Å². The lowest BCUT2D eigenvalue weighted by Gasteiger charge is -2.38. The Morgan fingerprint density at radius 1 is 1.50 bits per heavy atom. The molecule has 3 nitrogen and oxygen atoms in total. The second-order valence-corrected chi connectivity index (χ2v) is 9.02. The van der Waals surface area contributed by atoms with E-state index in [4.69, 9.17) is 4.74 Å². The van der Waals surface area contributed by atoms with Crippen LogP contribution in [0.25, 0.3) is 0 Å². The van der Waals surface area contributed by atoms with E-state index in [1.807, 2.05) is 25.7 Å². The lowest BCUT2D eigenvalue weighted by Crippen LogP contribution is -2.44. The Hall–Kier alpha value is -0.550. The van der Waals surface area contributed by atoms with Gasteiger partial charge in [-0.3, -0.25) is 4.90 Å². The van der Waals surface area contributed by atoms with E-state index in [0.717, 1.165) is 16.8 Å². The third kappa shape index (κ3) is 3.37. The number of rotatable bonds is 1. The monoisotopic (exact) mass is 359 g/mol. The van der Waals surface area contributed by atoms with Crippen LogP contribution in [0.2, 0.25) is 0 Å². The van der Waals surface area contributed by atoms with Crippen LogP contribution in [0.3, 0.4) is 0 Å². The molecule has 0 bridgehead atoms. The highest BCUT2D eigenvalue weighted by molar-refractivity contribution is 9.11. The second kappa shape index (κ2) is 5.68. The van der Waals surface area contributed by atoms with Crippen LogP contribution in [0.15, 0.2) is 9.85 Å². The Morgan fingerprint density at radius 3 is 2.70 bits per heavy atom. The van der Waals surface area contributed by atoms with Gasteiger partial charge >= 0.3 is 6.09 Å². The van der Waals surface area contributed by atoms with Crippen LogP contribution in [-0.4, -0.2) is 23.1 Å². The molecule has 1 atom stereocenters. The molecule has 0 N–H and O–H groups in total. The van der Waals surface area contributed by atoms with Gasteiger partial charge in [-0.15, -0.1) is 11.3 Å². The molecule has 0 radical (unpaired) electrons. The second-order valence-electron chi connectivity index (χ2n) is 6.55. The molecule has 1 aliphatic rings. The minimum Gasteiger partial charge on any atom is -0.444 e. The van der Waals surface area contributed by atoms with Gasteiger partial charge in [0.05, 0.1) is 9.83 Å². The van der Waals surface area contributed by atoms with Crippen molar-refractivity contribution in [1.82, 2.24) is 4.90 Å². The fourth-order valence-corrected chi connectivity index (χ4v) is 4.59. The molecule has 112 valence electrons. The van der Waals surface area contributed by atoms with Crippen LogP contribution in [0.1, 0.15) is 51.1 Å². The minimum atomic E-state index is -0.449.